The summed E-state index contributed by atoms with van der Waals surface area (Å²) in [6.07, 6.45) is 1.65. The van der Waals surface area contributed by atoms with Gasteiger partial charge in [-0.15, -0.1) is 0 Å². The van der Waals surface area contributed by atoms with Crippen LogP contribution in [-0.2, 0) is 0 Å². The Morgan fingerprint density at radius 2 is 2.14 bits per heavy atom. The summed E-state index contributed by atoms with van der Waals surface area (Å²) in [5.74, 6) is -1.55. The molecule has 1 heterocycles. The molecule has 3 rings (SSSR count). The highest BCUT2D eigenvalue weighted by atomic mass is 79.9. The van der Waals surface area contributed by atoms with Crippen LogP contribution in [-0.4, -0.2) is 15.4 Å². The second kappa shape index (κ2) is 5.42. The van der Waals surface area contributed by atoms with Gasteiger partial charge in [-0.3, -0.25) is 0 Å². The van der Waals surface area contributed by atoms with E-state index in [1.807, 2.05) is 0 Å². The van der Waals surface area contributed by atoms with Crippen molar-refractivity contribution in [1.82, 2.24) is 4.37 Å². The van der Waals surface area contributed by atoms with E-state index in [4.69, 9.17) is 0 Å². The first-order chi connectivity index (χ1) is 10.1. The molecule has 0 fully saturated rings. The molecule has 3 aromatic rings. The number of nitrogens with zero attached hydrogens (tertiary/aromatic N) is 1. The average molecular weight is 367 g/mol. The number of carbonyl (C=O) groups is 1. The molecule has 21 heavy (non-hydrogen) atoms. The summed E-state index contributed by atoms with van der Waals surface area (Å²) in [6, 6.07) is 7.71. The Hall–Kier alpha value is -1.99. The lowest BCUT2D eigenvalue weighted by Gasteiger charge is -2.11. The molecule has 1 aromatic heterocycles. The number of hydrogen-bond acceptors (Lipinski definition) is 4. The molecule has 0 spiro atoms. The number of hydrogen-bond donors (Lipinski definition) is 2. The Balaban J connectivity index is 2.16. The lowest BCUT2D eigenvalue weighted by atomic mass is 10.1. The number of nitrogens with one attached hydrogen (secondary N) is 1. The summed E-state index contributed by atoms with van der Waals surface area (Å²) in [5.41, 5.74) is 0.638. The zero-order valence-electron chi connectivity index (χ0n) is 10.4. The molecule has 4 nitrogen and oxygen atoms in total. The summed E-state index contributed by atoms with van der Waals surface area (Å²) in [6.45, 7) is 0. The zero-order valence-corrected chi connectivity index (χ0v) is 12.8. The molecule has 0 aliphatic carbocycles. The predicted molar refractivity (Wildman–Crippen MR) is 84.0 cm³/mol. The van der Waals surface area contributed by atoms with Crippen LogP contribution in [0.1, 0.15) is 10.4 Å². The molecule has 2 N–H and O–H groups in total. The molecule has 0 bridgehead atoms. The van der Waals surface area contributed by atoms with Crippen molar-refractivity contribution in [3.05, 3.63) is 52.4 Å². The van der Waals surface area contributed by atoms with Crippen molar-refractivity contribution in [3.63, 3.8) is 0 Å². The minimum Gasteiger partial charge on any atom is -0.478 e. The second-order valence-electron chi connectivity index (χ2n) is 4.29. The SMILES string of the molecule is O=C(O)c1ccc2cnsc2c1Nc1ccc(Br)cc1F. The third kappa shape index (κ3) is 2.62. The van der Waals surface area contributed by atoms with Gasteiger partial charge in [0.15, 0.2) is 0 Å². The smallest absolute Gasteiger partial charge is 0.337 e. The van der Waals surface area contributed by atoms with Crippen molar-refractivity contribution in [2.75, 3.05) is 5.32 Å². The van der Waals surface area contributed by atoms with E-state index in [0.717, 1.165) is 5.39 Å². The van der Waals surface area contributed by atoms with E-state index in [-0.39, 0.29) is 11.3 Å². The van der Waals surface area contributed by atoms with Crippen molar-refractivity contribution < 1.29 is 14.3 Å². The van der Waals surface area contributed by atoms with Crippen LogP contribution in [0, 0.1) is 5.82 Å². The van der Waals surface area contributed by atoms with Gasteiger partial charge in [-0.25, -0.2) is 9.18 Å². The largest absolute Gasteiger partial charge is 0.478 e. The first-order valence-electron chi connectivity index (χ1n) is 5.89. The quantitative estimate of drug-likeness (QED) is 0.708. The molecule has 106 valence electrons. The summed E-state index contributed by atoms with van der Waals surface area (Å²) in [5, 5.41) is 13.0. The monoisotopic (exact) mass is 366 g/mol. The number of rotatable bonds is 3. The van der Waals surface area contributed by atoms with E-state index in [1.54, 1.807) is 24.4 Å². The average Bonchev–Trinajstić information content (AvgIpc) is 2.90. The predicted octanol–water partition coefficient (Wildman–Crippen LogP) is 4.64. The first-order valence-corrected chi connectivity index (χ1v) is 7.45. The normalized spacial score (nSPS) is 10.8. The summed E-state index contributed by atoms with van der Waals surface area (Å²) in [4.78, 5) is 11.4. The maximum atomic E-state index is 13.9. The van der Waals surface area contributed by atoms with Crippen molar-refractivity contribution in [1.29, 1.82) is 0 Å². The number of aromatic carboxylic acids is 1. The van der Waals surface area contributed by atoms with Gasteiger partial charge in [0.25, 0.3) is 0 Å². The number of fused-ring (bicyclic) bond motifs is 1. The maximum Gasteiger partial charge on any atom is 0.337 e. The minimum absolute atomic E-state index is 0.0778. The molecule has 0 aliphatic heterocycles. The Kier molecular flexibility index (Phi) is 3.60. The summed E-state index contributed by atoms with van der Waals surface area (Å²) in [7, 11) is 0. The van der Waals surface area contributed by atoms with Gasteiger partial charge >= 0.3 is 5.97 Å². The number of anilines is 2. The molecule has 7 heteroatoms. The van der Waals surface area contributed by atoms with Crippen LogP contribution < -0.4 is 5.32 Å². The van der Waals surface area contributed by atoms with Crippen molar-refractivity contribution in [2.24, 2.45) is 0 Å². The Morgan fingerprint density at radius 3 is 2.86 bits per heavy atom. The van der Waals surface area contributed by atoms with Gasteiger partial charge in [0.1, 0.15) is 5.82 Å². The molecule has 0 unspecified atom stereocenters. The number of halogens is 2. The molecule has 2 aromatic carbocycles. The van der Waals surface area contributed by atoms with E-state index in [1.165, 1.54) is 23.7 Å². The zero-order chi connectivity index (χ0) is 15.0. The van der Waals surface area contributed by atoms with Crippen molar-refractivity contribution >= 4 is 54.9 Å². The number of aromatic nitrogens is 1. The lowest BCUT2D eigenvalue weighted by molar-refractivity contribution is 0.0698. The minimum atomic E-state index is -1.08. The molecule has 0 saturated carbocycles. The Bertz CT molecular complexity index is 850. The maximum absolute atomic E-state index is 13.9. The molecule has 0 atom stereocenters. The fourth-order valence-electron chi connectivity index (χ4n) is 1.96. The highest BCUT2D eigenvalue weighted by molar-refractivity contribution is 9.10. The van der Waals surface area contributed by atoms with Crippen LogP contribution in [0.4, 0.5) is 15.8 Å². The Labute approximate surface area is 131 Å². The first kappa shape index (κ1) is 14.0. The topological polar surface area (TPSA) is 62.2 Å². The van der Waals surface area contributed by atoms with E-state index < -0.39 is 11.8 Å². The fourth-order valence-corrected chi connectivity index (χ4v) is 3.05. The van der Waals surface area contributed by atoms with E-state index >= 15 is 0 Å². The standard InChI is InChI=1S/C14H8BrFN2O2S/c15-8-2-4-11(10(16)5-8)18-12-9(14(19)20)3-1-7-6-17-21-13(7)12/h1-6,18H,(H,19,20). The van der Waals surface area contributed by atoms with Crippen LogP contribution in [0.2, 0.25) is 0 Å². The highest BCUT2D eigenvalue weighted by Crippen LogP contribution is 2.34. The van der Waals surface area contributed by atoms with Gasteiger partial charge in [0.05, 0.1) is 21.6 Å². The van der Waals surface area contributed by atoms with Crippen molar-refractivity contribution in [3.8, 4) is 0 Å². The number of benzene rings is 2. The van der Waals surface area contributed by atoms with Crippen LogP contribution >= 0.6 is 27.5 Å². The van der Waals surface area contributed by atoms with Crippen LogP contribution in [0.15, 0.2) is 41.0 Å². The molecule has 0 saturated heterocycles. The third-order valence-electron chi connectivity index (χ3n) is 2.95. The highest BCUT2D eigenvalue weighted by Gasteiger charge is 2.16. The second-order valence-corrected chi connectivity index (χ2v) is 6.00. The molecule has 0 aliphatic rings. The van der Waals surface area contributed by atoms with Gasteiger partial charge in [-0.2, -0.15) is 4.37 Å². The Morgan fingerprint density at radius 1 is 1.33 bits per heavy atom. The number of carboxylic acids is 1. The van der Waals surface area contributed by atoms with Gasteiger partial charge in [0.2, 0.25) is 0 Å². The van der Waals surface area contributed by atoms with Crippen molar-refractivity contribution in [2.45, 2.75) is 0 Å². The fraction of sp³-hybridized carbons (Fsp3) is 0. The lowest BCUT2D eigenvalue weighted by Crippen LogP contribution is -2.03. The van der Waals surface area contributed by atoms with E-state index in [0.29, 0.717) is 14.9 Å². The molecular formula is C14H8BrFN2O2S. The number of carboxylic acid groups (broad SMARTS) is 1. The molecule has 0 radical (unpaired) electrons. The van der Waals surface area contributed by atoms with Gasteiger partial charge < -0.3 is 10.4 Å². The van der Waals surface area contributed by atoms with Gasteiger partial charge in [0, 0.05) is 16.1 Å². The van der Waals surface area contributed by atoms with Crippen LogP contribution in [0.25, 0.3) is 10.1 Å². The third-order valence-corrected chi connectivity index (χ3v) is 4.27. The van der Waals surface area contributed by atoms with E-state index in [2.05, 4.69) is 25.6 Å². The molecular weight excluding hydrogens is 359 g/mol. The molecule has 0 amide bonds. The van der Waals surface area contributed by atoms with E-state index in [9.17, 15) is 14.3 Å². The summed E-state index contributed by atoms with van der Waals surface area (Å²) < 4.78 is 19.3. The summed E-state index contributed by atoms with van der Waals surface area (Å²) >= 11 is 4.35. The van der Waals surface area contributed by atoms with Crippen LogP contribution in [0.3, 0.4) is 0 Å². The van der Waals surface area contributed by atoms with Gasteiger partial charge in [-0.05, 0) is 35.8 Å². The van der Waals surface area contributed by atoms with Crippen LogP contribution in [0.5, 0.6) is 0 Å². The van der Waals surface area contributed by atoms with Gasteiger partial charge in [-0.1, -0.05) is 22.0 Å².